The van der Waals surface area contributed by atoms with Crippen LogP contribution in [0.5, 0.6) is 0 Å². The zero-order valence-corrected chi connectivity index (χ0v) is 16.1. The molecule has 0 bridgehead atoms. The third kappa shape index (κ3) is 4.25. The normalized spacial score (nSPS) is 12.0. The van der Waals surface area contributed by atoms with Gasteiger partial charge >= 0.3 is 0 Å². The maximum absolute atomic E-state index is 13.1. The van der Waals surface area contributed by atoms with Gasteiger partial charge < -0.3 is 4.90 Å². The molecular formula is C22H24FN3O. The van der Waals surface area contributed by atoms with Gasteiger partial charge in [-0.3, -0.25) is 9.48 Å². The Kier molecular flexibility index (Phi) is 5.40. The summed E-state index contributed by atoms with van der Waals surface area (Å²) >= 11 is 0. The smallest absolute Gasteiger partial charge is 0.254 e. The minimum atomic E-state index is -0.280. The molecule has 3 aromatic rings. The lowest BCUT2D eigenvalue weighted by molar-refractivity contribution is 0.0742. The van der Waals surface area contributed by atoms with E-state index in [0.717, 1.165) is 22.5 Å². The van der Waals surface area contributed by atoms with Crippen LogP contribution in [0, 0.1) is 19.7 Å². The number of benzene rings is 2. The van der Waals surface area contributed by atoms with E-state index < -0.39 is 0 Å². The van der Waals surface area contributed by atoms with Crippen LogP contribution in [0.3, 0.4) is 0 Å². The van der Waals surface area contributed by atoms with Crippen molar-refractivity contribution in [2.75, 3.05) is 7.05 Å². The fourth-order valence-electron chi connectivity index (χ4n) is 3.11. The molecule has 0 fully saturated rings. The molecule has 1 amide bonds. The van der Waals surface area contributed by atoms with E-state index in [4.69, 9.17) is 0 Å². The third-order valence-corrected chi connectivity index (χ3v) is 4.89. The fourth-order valence-corrected chi connectivity index (χ4v) is 3.11. The monoisotopic (exact) mass is 365 g/mol. The van der Waals surface area contributed by atoms with Gasteiger partial charge in [-0.2, -0.15) is 5.10 Å². The summed E-state index contributed by atoms with van der Waals surface area (Å²) < 4.78 is 15.1. The summed E-state index contributed by atoms with van der Waals surface area (Å²) in [4.78, 5) is 14.5. The molecule has 0 aliphatic rings. The van der Waals surface area contributed by atoms with Gasteiger partial charge in [0.05, 0.1) is 18.3 Å². The van der Waals surface area contributed by atoms with Gasteiger partial charge in [0.15, 0.2) is 0 Å². The summed E-state index contributed by atoms with van der Waals surface area (Å²) in [6.45, 7) is 6.62. The topological polar surface area (TPSA) is 38.1 Å². The quantitative estimate of drug-likeness (QED) is 0.667. The lowest BCUT2D eigenvalue weighted by Gasteiger charge is -2.25. The zero-order chi connectivity index (χ0) is 19.6. The summed E-state index contributed by atoms with van der Waals surface area (Å²) in [6.07, 6.45) is 0. The SMILES string of the molecule is Cc1cc(C)n(Cc2ccc(C(=O)N(C)C(C)c3ccc(F)cc3)cc2)n1. The molecule has 1 aromatic heterocycles. The Balaban J connectivity index is 1.71. The van der Waals surface area contributed by atoms with Crippen molar-refractivity contribution >= 4 is 5.91 Å². The van der Waals surface area contributed by atoms with Crippen molar-refractivity contribution < 1.29 is 9.18 Å². The van der Waals surface area contributed by atoms with Crippen LogP contribution in [0.4, 0.5) is 4.39 Å². The van der Waals surface area contributed by atoms with Crippen LogP contribution in [0.25, 0.3) is 0 Å². The van der Waals surface area contributed by atoms with Crippen LogP contribution >= 0.6 is 0 Å². The van der Waals surface area contributed by atoms with Crippen LogP contribution in [0.1, 0.15) is 45.8 Å². The Morgan fingerprint density at radius 2 is 1.74 bits per heavy atom. The van der Waals surface area contributed by atoms with Crippen LogP contribution in [0.2, 0.25) is 0 Å². The number of hydrogen-bond acceptors (Lipinski definition) is 2. The highest BCUT2D eigenvalue weighted by Crippen LogP contribution is 2.21. The summed E-state index contributed by atoms with van der Waals surface area (Å²) in [5.41, 5.74) is 4.72. The minimum absolute atomic E-state index is 0.0653. The largest absolute Gasteiger partial charge is 0.335 e. The Labute approximate surface area is 159 Å². The van der Waals surface area contributed by atoms with Crippen LogP contribution in [-0.4, -0.2) is 27.6 Å². The first-order valence-electron chi connectivity index (χ1n) is 8.98. The molecule has 4 nitrogen and oxygen atoms in total. The molecule has 2 aromatic carbocycles. The van der Waals surface area contributed by atoms with Gasteiger partial charge in [-0.1, -0.05) is 24.3 Å². The molecule has 1 heterocycles. The summed E-state index contributed by atoms with van der Waals surface area (Å²) in [5, 5.41) is 4.47. The number of halogens is 1. The van der Waals surface area contributed by atoms with E-state index in [-0.39, 0.29) is 17.8 Å². The second kappa shape index (κ2) is 7.74. The van der Waals surface area contributed by atoms with Crippen molar-refractivity contribution in [2.24, 2.45) is 0 Å². The molecule has 0 aliphatic carbocycles. The number of carbonyl (C=O) groups is 1. The highest BCUT2D eigenvalue weighted by Gasteiger charge is 2.19. The van der Waals surface area contributed by atoms with Crippen molar-refractivity contribution in [1.82, 2.24) is 14.7 Å². The van der Waals surface area contributed by atoms with Crippen LogP contribution < -0.4 is 0 Å². The van der Waals surface area contributed by atoms with Crippen LogP contribution in [0.15, 0.2) is 54.6 Å². The molecular weight excluding hydrogens is 341 g/mol. The summed E-state index contributed by atoms with van der Waals surface area (Å²) in [5.74, 6) is -0.345. The van der Waals surface area contributed by atoms with Crippen LogP contribution in [-0.2, 0) is 6.54 Å². The number of hydrogen-bond donors (Lipinski definition) is 0. The predicted octanol–water partition coefficient (Wildman–Crippen LogP) is 4.52. The molecule has 1 unspecified atom stereocenters. The van der Waals surface area contributed by atoms with Gasteiger partial charge in [-0.05, 0) is 62.2 Å². The molecule has 0 spiro atoms. The molecule has 27 heavy (non-hydrogen) atoms. The van der Waals surface area contributed by atoms with E-state index in [2.05, 4.69) is 5.10 Å². The van der Waals surface area contributed by atoms with Gasteiger partial charge in [0.25, 0.3) is 5.91 Å². The predicted molar refractivity (Wildman–Crippen MR) is 104 cm³/mol. The average Bonchev–Trinajstić information content (AvgIpc) is 2.98. The first kappa shape index (κ1) is 18.8. The van der Waals surface area contributed by atoms with E-state index in [9.17, 15) is 9.18 Å². The van der Waals surface area contributed by atoms with Crippen molar-refractivity contribution in [1.29, 1.82) is 0 Å². The first-order valence-corrected chi connectivity index (χ1v) is 8.98. The van der Waals surface area contributed by atoms with E-state index >= 15 is 0 Å². The van der Waals surface area contributed by atoms with E-state index in [1.807, 2.05) is 55.8 Å². The molecule has 140 valence electrons. The molecule has 3 rings (SSSR count). The maximum Gasteiger partial charge on any atom is 0.254 e. The molecule has 0 saturated heterocycles. The van der Waals surface area contributed by atoms with Gasteiger partial charge in [-0.15, -0.1) is 0 Å². The Hall–Kier alpha value is -2.95. The van der Waals surface area contributed by atoms with Crippen molar-refractivity contribution in [3.8, 4) is 0 Å². The molecule has 0 aliphatic heterocycles. The van der Waals surface area contributed by atoms with E-state index in [1.54, 1.807) is 24.1 Å². The third-order valence-electron chi connectivity index (χ3n) is 4.89. The lowest BCUT2D eigenvalue weighted by atomic mass is 10.1. The minimum Gasteiger partial charge on any atom is -0.335 e. The number of aryl methyl sites for hydroxylation is 2. The molecule has 0 saturated carbocycles. The maximum atomic E-state index is 13.1. The number of rotatable bonds is 5. The lowest BCUT2D eigenvalue weighted by Crippen LogP contribution is -2.29. The average molecular weight is 365 g/mol. The summed E-state index contributed by atoms with van der Waals surface area (Å²) in [7, 11) is 1.76. The standard InChI is InChI=1S/C22H24FN3O/c1-15-13-16(2)26(24-15)14-18-5-7-20(8-6-18)22(27)25(4)17(3)19-9-11-21(23)12-10-19/h5-13,17H,14H2,1-4H3. The number of aromatic nitrogens is 2. The van der Waals surface area contributed by atoms with E-state index in [0.29, 0.717) is 12.1 Å². The first-order chi connectivity index (χ1) is 12.8. The number of carbonyl (C=O) groups excluding carboxylic acids is 1. The highest BCUT2D eigenvalue weighted by atomic mass is 19.1. The van der Waals surface area contributed by atoms with Gasteiger partial charge in [0.2, 0.25) is 0 Å². The zero-order valence-electron chi connectivity index (χ0n) is 16.1. The molecule has 5 heteroatoms. The van der Waals surface area contributed by atoms with E-state index in [1.165, 1.54) is 12.1 Å². The fraction of sp³-hybridized carbons (Fsp3) is 0.273. The second-order valence-corrected chi connectivity index (χ2v) is 6.93. The van der Waals surface area contributed by atoms with Crippen molar-refractivity contribution in [3.63, 3.8) is 0 Å². The Bertz CT molecular complexity index is 929. The summed E-state index contributed by atoms with van der Waals surface area (Å²) in [6, 6.07) is 15.8. The molecule has 0 N–H and O–H groups in total. The van der Waals surface area contributed by atoms with Gasteiger partial charge in [0, 0.05) is 18.3 Å². The van der Waals surface area contributed by atoms with Gasteiger partial charge in [-0.25, -0.2) is 4.39 Å². The molecule has 1 atom stereocenters. The highest BCUT2D eigenvalue weighted by molar-refractivity contribution is 5.94. The number of amides is 1. The second-order valence-electron chi connectivity index (χ2n) is 6.93. The number of nitrogens with zero attached hydrogens (tertiary/aromatic N) is 3. The van der Waals surface area contributed by atoms with Gasteiger partial charge in [0.1, 0.15) is 5.82 Å². The Morgan fingerprint density at radius 3 is 2.30 bits per heavy atom. The Morgan fingerprint density at radius 1 is 1.11 bits per heavy atom. The van der Waals surface area contributed by atoms with Crippen molar-refractivity contribution in [2.45, 2.75) is 33.4 Å². The molecule has 0 radical (unpaired) electrons. The van der Waals surface area contributed by atoms with Crippen molar-refractivity contribution in [3.05, 3.63) is 88.5 Å².